The SMILES string of the molecule is COC(C)Oc1ccc([N+](=O)[O-])cc1[N+](=O)[O-]. The van der Waals surface area contributed by atoms with Crippen molar-refractivity contribution in [3.05, 3.63) is 38.4 Å². The summed E-state index contributed by atoms with van der Waals surface area (Å²) in [5, 5.41) is 21.2. The zero-order valence-electron chi connectivity index (χ0n) is 9.15. The van der Waals surface area contributed by atoms with E-state index in [1.807, 2.05) is 0 Å². The summed E-state index contributed by atoms with van der Waals surface area (Å²) in [6.07, 6.45) is -0.685. The second-order valence-electron chi connectivity index (χ2n) is 3.09. The number of benzene rings is 1. The molecule has 0 aliphatic heterocycles. The van der Waals surface area contributed by atoms with Crippen molar-refractivity contribution in [3.63, 3.8) is 0 Å². The van der Waals surface area contributed by atoms with Gasteiger partial charge in [0.2, 0.25) is 5.75 Å². The van der Waals surface area contributed by atoms with E-state index in [9.17, 15) is 20.2 Å². The number of hydrogen-bond acceptors (Lipinski definition) is 6. The number of nitro benzene ring substituents is 2. The van der Waals surface area contributed by atoms with Crippen LogP contribution in [0, 0.1) is 20.2 Å². The molecule has 17 heavy (non-hydrogen) atoms. The van der Waals surface area contributed by atoms with Crippen LogP contribution in [0.25, 0.3) is 0 Å². The summed E-state index contributed by atoms with van der Waals surface area (Å²) in [7, 11) is 1.38. The molecule has 1 aromatic rings. The Morgan fingerprint density at radius 1 is 1.24 bits per heavy atom. The molecular formula is C9H10N2O6. The Labute approximate surface area is 96.1 Å². The van der Waals surface area contributed by atoms with Crippen molar-refractivity contribution < 1.29 is 19.3 Å². The normalized spacial score (nSPS) is 11.9. The van der Waals surface area contributed by atoms with Crippen LogP contribution in [-0.4, -0.2) is 23.2 Å². The van der Waals surface area contributed by atoms with Crippen molar-refractivity contribution in [3.8, 4) is 5.75 Å². The molecular weight excluding hydrogens is 232 g/mol. The highest BCUT2D eigenvalue weighted by atomic mass is 16.7. The number of non-ortho nitro benzene ring substituents is 1. The second kappa shape index (κ2) is 5.21. The van der Waals surface area contributed by atoms with Crippen molar-refractivity contribution in [1.29, 1.82) is 0 Å². The second-order valence-corrected chi connectivity index (χ2v) is 3.09. The highest BCUT2D eigenvalue weighted by Crippen LogP contribution is 2.31. The van der Waals surface area contributed by atoms with Crippen molar-refractivity contribution >= 4 is 11.4 Å². The molecule has 0 N–H and O–H groups in total. The van der Waals surface area contributed by atoms with Gasteiger partial charge in [-0.15, -0.1) is 0 Å². The van der Waals surface area contributed by atoms with Gasteiger partial charge in [0.05, 0.1) is 15.9 Å². The lowest BCUT2D eigenvalue weighted by Gasteiger charge is -2.12. The maximum atomic E-state index is 10.7. The molecule has 1 atom stereocenters. The zero-order chi connectivity index (χ0) is 13.0. The lowest BCUT2D eigenvalue weighted by molar-refractivity contribution is -0.395. The van der Waals surface area contributed by atoms with Crippen LogP contribution in [0.2, 0.25) is 0 Å². The van der Waals surface area contributed by atoms with Crippen molar-refractivity contribution in [2.24, 2.45) is 0 Å². The van der Waals surface area contributed by atoms with Crippen LogP contribution in [0.5, 0.6) is 5.75 Å². The summed E-state index contributed by atoms with van der Waals surface area (Å²) < 4.78 is 9.89. The lowest BCUT2D eigenvalue weighted by Crippen LogP contribution is -2.14. The Hall–Kier alpha value is -2.22. The molecule has 0 heterocycles. The Balaban J connectivity index is 3.13. The Bertz CT molecular complexity index is 447. The van der Waals surface area contributed by atoms with Gasteiger partial charge in [0.25, 0.3) is 5.69 Å². The van der Waals surface area contributed by atoms with Gasteiger partial charge < -0.3 is 9.47 Å². The lowest BCUT2D eigenvalue weighted by atomic mass is 10.2. The fourth-order valence-corrected chi connectivity index (χ4v) is 1.09. The quantitative estimate of drug-likeness (QED) is 0.443. The monoisotopic (exact) mass is 242 g/mol. The molecule has 0 amide bonds. The molecule has 0 bridgehead atoms. The van der Waals surface area contributed by atoms with Crippen LogP contribution in [0.1, 0.15) is 6.92 Å². The molecule has 0 radical (unpaired) electrons. The summed E-state index contributed by atoms with van der Waals surface area (Å²) in [4.78, 5) is 19.8. The maximum Gasteiger partial charge on any atom is 0.317 e. The summed E-state index contributed by atoms with van der Waals surface area (Å²) in [5.41, 5.74) is -0.836. The molecule has 0 fully saturated rings. The van der Waals surface area contributed by atoms with E-state index in [4.69, 9.17) is 9.47 Å². The fraction of sp³-hybridized carbons (Fsp3) is 0.333. The van der Waals surface area contributed by atoms with E-state index >= 15 is 0 Å². The molecule has 8 heteroatoms. The molecule has 0 aliphatic rings. The third-order valence-electron chi connectivity index (χ3n) is 1.97. The predicted molar refractivity (Wildman–Crippen MR) is 56.8 cm³/mol. The number of ether oxygens (including phenoxy) is 2. The van der Waals surface area contributed by atoms with E-state index in [0.29, 0.717) is 0 Å². The van der Waals surface area contributed by atoms with Crippen LogP contribution in [0.3, 0.4) is 0 Å². The van der Waals surface area contributed by atoms with Crippen molar-refractivity contribution in [1.82, 2.24) is 0 Å². The van der Waals surface area contributed by atoms with Gasteiger partial charge in [-0.3, -0.25) is 20.2 Å². The van der Waals surface area contributed by atoms with E-state index in [-0.39, 0.29) is 11.4 Å². The van der Waals surface area contributed by atoms with E-state index < -0.39 is 21.8 Å². The summed E-state index contributed by atoms with van der Waals surface area (Å²) in [5.74, 6) is -0.0741. The predicted octanol–water partition coefficient (Wildman–Crippen LogP) is 1.87. The molecule has 1 rings (SSSR count). The van der Waals surface area contributed by atoms with Gasteiger partial charge >= 0.3 is 5.69 Å². The molecule has 1 unspecified atom stereocenters. The number of nitro groups is 2. The largest absolute Gasteiger partial charge is 0.458 e. The van der Waals surface area contributed by atoms with E-state index in [2.05, 4.69) is 0 Å². The number of hydrogen-bond donors (Lipinski definition) is 0. The van der Waals surface area contributed by atoms with Gasteiger partial charge in [-0.25, -0.2) is 0 Å². The van der Waals surface area contributed by atoms with Crippen molar-refractivity contribution in [2.45, 2.75) is 13.2 Å². The third-order valence-corrected chi connectivity index (χ3v) is 1.97. The van der Waals surface area contributed by atoms with Gasteiger partial charge in [0.15, 0.2) is 6.29 Å². The van der Waals surface area contributed by atoms with Gasteiger partial charge in [0, 0.05) is 13.2 Å². The molecule has 0 spiro atoms. The molecule has 1 aromatic carbocycles. The Morgan fingerprint density at radius 3 is 2.35 bits per heavy atom. The first-order chi connectivity index (χ1) is 7.95. The summed E-state index contributed by atoms with van der Waals surface area (Å²) in [6, 6.07) is 3.15. The highest BCUT2D eigenvalue weighted by molar-refractivity contribution is 5.53. The van der Waals surface area contributed by atoms with Crippen LogP contribution in [0.15, 0.2) is 18.2 Å². The van der Waals surface area contributed by atoms with Crippen LogP contribution >= 0.6 is 0 Å². The van der Waals surface area contributed by atoms with Gasteiger partial charge in [-0.2, -0.15) is 0 Å². The Morgan fingerprint density at radius 2 is 1.88 bits per heavy atom. The third kappa shape index (κ3) is 3.11. The number of nitrogens with zero attached hydrogens (tertiary/aromatic N) is 2. The molecule has 0 aliphatic carbocycles. The smallest absolute Gasteiger partial charge is 0.317 e. The van der Waals surface area contributed by atoms with Crippen molar-refractivity contribution in [2.75, 3.05) is 7.11 Å². The summed E-state index contributed by atoms with van der Waals surface area (Å²) >= 11 is 0. The number of methoxy groups -OCH3 is 1. The van der Waals surface area contributed by atoms with Crippen LogP contribution in [-0.2, 0) is 4.74 Å². The zero-order valence-corrected chi connectivity index (χ0v) is 9.15. The van der Waals surface area contributed by atoms with Crippen LogP contribution in [0.4, 0.5) is 11.4 Å². The van der Waals surface area contributed by atoms with Gasteiger partial charge in [0.1, 0.15) is 0 Å². The first kappa shape index (κ1) is 12.8. The summed E-state index contributed by atoms with van der Waals surface area (Å²) in [6.45, 7) is 1.55. The van der Waals surface area contributed by atoms with E-state index in [1.54, 1.807) is 6.92 Å². The molecule has 92 valence electrons. The molecule has 0 saturated carbocycles. The van der Waals surface area contributed by atoms with Crippen LogP contribution < -0.4 is 4.74 Å². The van der Waals surface area contributed by atoms with E-state index in [0.717, 1.165) is 12.1 Å². The minimum Gasteiger partial charge on any atom is -0.458 e. The first-order valence-corrected chi connectivity index (χ1v) is 4.58. The van der Waals surface area contributed by atoms with E-state index in [1.165, 1.54) is 13.2 Å². The first-order valence-electron chi connectivity index (χ1n) is 4.58. The van der Waals surface area contributed by atoms with Gasteiger partial charge in [-0.05, 0) is 13.0 Å². The number of rotatable bonds is 5. The average molecular weight is 242 g/mol. The minimum atomic E-state index is -0.745. The fourth-order valence-electron chi connectivity index (χ4n) is 1.09. The Kier molecular flexibility index (Phi) is 3.94. The topological polar surface area (TPSA) is 105 Å². The molecule has 8 nitrogen and oxygen atoms in total. The maximum absolute atomic E-state index is 10.7. The minimum absolute atomic E-state index is 0.0741. The average Bonchev–Trinajstić information content (AvgIpc) is 2.28. The standard InChI is InChI=1S/C9H10N2O6/c1-6(16-2)17-9-4-3-7(10(12)13)5-8(9)11(14)15/h3-6H,1-2H3. The molecule has 0 aromatic heterocycles. The highest BCUT2D eigenvalue weighted by Gasteiger charge is 2.21. The molecule has 0 saturated heterocycles. The van der Waals surface area contributed by atoms with Gasteiger partial charge in [-0.1, -0.05) is 0 Å².